The van der Waals surface area contributed by atoms with E-state index in [1.54, 1.807) is 6.07 Å². The van der Waals surface area contributed by atoms with E-state index in [9.17, 15) is 4.79 Å². The lowest BCUT2D eigenvalue weighted by atomic mass is 10.2. The van der Waals surface area contributed by atoms with Crippen molar-refractivity contribution in [2.45, 2.75) is 40.3 Å². The van der Waals surface area contributed by atoms with Gasteiger partial charge < -0.3 is 9.84 Å². The van der Waals surface area contributed by atoms with E-state index < -0.39 is 0 Å². The van der Waals surface area contributed by atoms with Gasteiger partial charge in [0.05, 0.1) is 29.7 Å². The third kappa shape index (κ3) is 3.36. The van der Waals surface area contributed by atoms with Gasteiger partial charge in [0.2, 0.25) is 5.91 Å². The average molecular weight is 305 g/mol. The van der Waals surface area contributed by atoms with Crippen LogP contribution in [0.3, 0.4) is 0 Å². The minimum atomic E-state index is -0.0697. The second-order valence-electron chi connectivity index (χ2n) is 5.43. The zero-order chi connectivity index (χ0) is 16.3. The van der Waals surface area contributed by atoms with E-state index in [0.717, 1.165) is 29.3 Å². The number of anilines is 1. The highest BCUT2D eigenvalue weighted by molar-refractivity contribution is 5.93. The molecule has 2 aromatic heterocycles. The maximum atomic E-state index is 12.3. The highest BCUT2D eigenvalue weighted by Crippen LogP contribution is 2.20. The molecule has 2 aromatic rings. The standard InChI is InChI=1S/C15H23N5O2/c1-6-20-12(4)15(10(2)17-20)16-14(21)9-19(5)11(3)13-7-8-22-18-13/h7-8,11H,6,9H2,1-5H3,(H,16,21)/t11-/m0/s1. The number of likely N-dealkylation sites (N-methyl/N-ethyl adjacent to an activating group) is 1. The van der Waals surface area contributed by atoms with Crippen LogP contribution in [0.25, 0.3) is 0 Å². The Balaban J connectivity index is 2.00. The summed E-state index contributed by atoms with van der Waals surface area (Å²) in [5, 5.41) is 11.3. The summed E-state index contributed by atoms with van der Waals surface area (Å²) in [7, 11) is 1.88. The van der Waals surface area contributed by atoms with Crippen molar-refractivity contribution in [2.75, 3.05) is 18.9 Å². The molecular formula is C15H23N5O2. The van der Waals surface area contributed by atoms with Gasteiger partial charge in [0.25, 0.3) is 0 Å². The first kappa shape index (κ1) is 16.2. The number of aromatic nitrogens is 3. The van der Waals surface area contributed by atoms with Gasteiger partial charge in [-0.25, -0.2) is 0 Å². The van der Waals surface area contributed by atoms with Gasteiger partial charge in [-0.05, 0) is 34.7 Å². The summed E-state index contributed by atoms with van der Waals surface area (Å²) >= 11 is 0. The number of nitrogens with zero attached hydrogens (tertiary/aromatic N) is 4. The summed E-state index contributed by atoms with van der Waals surface area (Å²) in [5.41, 5.74) is 3.41. The fraction of sp³-hybridized carbons (Fsp3) is 0.533. The molecular weight excluding hydrogens is 282 g/mol. The van der Waals surface area contributed by atoms with Crippen LogP contribution in [-0.2, 0) is 11.3 Å². The van der Waals surface area contributed by atoms with Gasteiger partial charge in [0.1, 0.15) is 12.0 Å². The minimum absolute atomic E-state index is 0.00468. The number of hydrogen-bond donors (Lipinski definition) is 1. The molecule has 7 nitrogen and oxygen atoms in total. The van der Waals surface area contributed by atoms with E-state index in [2.05, 4.69) is 15.6 Å². The SMILES string of the molecule is CCn1nc(C)c(NC(=O)CN(C)[C@@H](C)c2ccon2)c1C. The quantitative estimate of drug-likeness (QED) is 0.885. The molecule has 0 saturated carbocycles. The number of carbonyl (C=O) groups is 1. The molecule has 0 spiro atoms. The number of amides is 1. The third-order valence-corrected chi connectivity index (χ3v) is 3.89. The summed E-state index contributed by atoms with van der Waals surface area (Å²) < 4.78 is 6.73. The van der Waals surface area contributed by atoms with Crippen LogP contribution in [0.1, 0.15) is 37.0 Å². The van der Waals surface area contributed by atoms with Crippen LogP contribution in [0.2, 0.25) is 0 Å². The lowest BCUT2D eigenvalue weighted by molar-refractivity contribution is -0.117. The minimum Gasteiger partial charge on any atom is -0.364 e. The van der Waals surface area contributed by atoms with Crippen molar-refractivity contribution in [3.05, 3.63) is 29.4 Å². The highest BCUT2D eigenvalue weighted by Gasteiger charge is 2.19. The van der Waals surface area contributed by atoms with Gasteiger partial charge in [-0.15, -0.1) is 0 Å². The Bertz CT molecular complexity index is 633. The molecule has 0 aliphatic carbocycles. The Kier molecular flexibility index (Phi) is 4.97. The maximum Gasteiger partial charge on any atom is 0.238 e. The molecule has 0 bridgehead atoms. The summed E-state index contributed by atoms with van der Waals surface area (Å²) in [6.07, 6.45) is 1.53. The molecule has 22 heavy (non-hydrogen) atoms. The largest absolute Gasteiger partial charge is 0.364 e. The molecule has 0 aliphatic rings. The number of rotatable bonds is 6. The Morgan fingerprint density at radius 1 is 1.50 bits per heavy atom. The lowest BCUT2D eigenvalue weighted by Crippen LogP contribution is -2.32. The molecule has 0 radical (unpaired) electrons. The van der Waals surface area contributed by atoms with Crippen molar-refractivity contribution in [2.24, 2.45) is 0 Å². The summed E-state index contributed by atoms with van der Waals surface area (Å²) in [5.74, 6) is -0.0697. The Morgan fingerprint density at radius 3 is 2.77 bits per heavy atom. The van der Waals surface area contributed by atoms with Crippen LogP contribution in [-0.4, -0.2) is 39.3 Å². The van der Waals surface area contributed by atoms with E-state index in [4.69, 9.17) is 4.52 Å². The molecule has 0 unspecified atom stereocenters. The van der Waals surface area contributed by atoms with Crippen LogP contribution in [0.15, 0.2) is 16.9 Å². The van der Waals surface area contributed by atoms with Crippen LogP contribution >= 0.6 is 0 Å². The molecule has 0 aliphatic heterocycles. The molecule has 0 saturated heterocycles. The predicted octanol–water partition coefficient (Wildman–Crippen LogP) is 2.14. The summed E-state index contributed by atoms with van der Waals surface area (Å²) in [4.78, 5) is 14.2. The van der Waals surface area contributed by atoms with Crippen molar-refractivity contribution in [3.8, 4) is 0 Å². The Hall–Kier alpha value is -2.15. The molecule has 0 aromatic carbocycles. The Morgan fingerprint density at radius 2 is 2.23 bits per heavy atom. The molecule has 2 heterocycles. The molecule has 2 rings (SSSR count). The van der Waals surface area contributed by atoms with E-state index in [1.807, 2.05) is 44.3 Å². The van der Waals surface area contributed by atoms with Gasteiger partial charge in [-0.2, -0.15) is 5.10 Å². The van der Waals surface area contributed by atoms with E-state index >= 15 is 0 Å². The fourth-order valence-electron chi connectivity index (χ4n) is 2.39. The first-order valence-electron chi connectivity index (χ1n) is 7.38. The molecule has 120 valence electrons. The van der Waals surface area contributed by atoms with Crippen molar-refractivity contribution in [3.63, 3.8) is 0 Å². The monoisotopic (exact) mass is 305 g/mol. The number of hydrogen-bond acceptors (Lipinski definition) is 5. The number of nitrogens with one attached hydrogen (secondary N) is 1. The van der Waals surface area contributed by atoms with Crippen LogP contribution in [0, 0.1) is 13.8 Å². The van der Waals surface area contributed by atoms with Gasteiger partial charge in [0.15, 0.2) is 0 Å². The Labute approximate surface area is 130 Å². The van der Waals surface area contributed by atoms with Gasteiger partial charge in [0, 0.05) is 12.6 Å². The van der Waals surface area contributed by atoms with Crippen molar-refractivity contribution < 1.29 is 9.32 Å². The average Bonchev–Trinajstić information content (AvgIpc) is 3.10. The van der Waals surface area contributed by atoms with Gasteiger partial charge in [-0.3, -0.25) is 14.4 Å². The van der Waals surface area contributed by atoms with Crippen LogP contribution in [0.4, 0.5) is 5.69 Å². The van der Waals surface area contributed by atoms with Crippen molar-refractivity contribution in [1.82, 2.24) is 19.8 Å². The third-order valence-electron chi connectivity index (χ3n) is 3.89. The van der Waals surface area contributed by atoms with Gasteiger partial charge >= 0.3 is 0 Å². The smallest absolute Gasteiger partial charge is 0.238 e. The van der Waals surface area contributed by atoms with Gasteiger partial charge in [-0.1, -0.05) is 5.16 Å². The molecule has 1 amide bonds. The first-order valence-corrected chi connectivity index (χ1v) is 7.38. The molecule has 1 N–H and O–H groups in total. The highest BCUT2D eigenvalue weighted by atomic mass is 16.5. The van der Waals surface area contributed by atoms with E-state index in [1.165, 1.54) is 6.26 Å². The van der Waals surface area contributed by atoms with Crippen molar-refractivity contribution >= 4 is 11.6 Å². The molecule has 1 atom stereocenters. The lowest BCUT2D eigenvalue weighted by Gasteiger charge is -2.22. The van der Waals surface area contributed by atoms with E-state index in [0.29, 0.717) is 0 Å². The second kappa shape index (κ2) is 6.74. The topological polar surface area (TPSA) is 76.2 Å². The number of carbonyl (C=O) groups excluding carboxylic acids is 1. The zero-order valence-corrected chi connectivity index (χ0v) is 13.8. The second-order valence-corrected chi connectivity index (χ2v) is 5.43. The normalized spacial score (nSPS) is 12.6. The van der Waals surface area contributed by atoms with E-state index in [-0.39, 0.29) is 18.5 Å². The summed E-state index contributed by atoms with van der Waals surface area (Å²) in [6.45, 7) is 8.92. The van der Waals surface area contributed by atoms with Crippen molar-refractivity contribution in [1.29, 1.82) is 0 Å². The van der Waals surface area contributed by atoms with Crippen LogP contribution in [0.5, 0.6) is 0 Å². The molecule has 7 heteroatoms. The summed E-state index contributed by atoms with van der Waals surface area (Å²) in [6, 6.07) is 1.81. The van der Waals surface area contributed by atoms with Crippen LogP contribution < -0.4 is 5.32 Å². The predicted molar refractivity (Wildman–Crippen MR) is 83.6 cm³/mol. The first-order chi connectivity index (χ1) is 10.4. The zero-order valence-electron chi connectivity index (χ0n) is 13.8. The maximum absolute atomic E-state index is 12.3. The fourth-order valence-corrected chi connectivity index (χ4v) is 2.39. The molecule has 0 fully saturated rings. The number of aryl methyl sites for hydroxylation is 2.